The summed E-state index contributed by atoms with van der Waals surface area (Å²) in [7, 11) is 0. The molecule has 0 spiro atoms. The Labute approximate surface area is 109 Å². The van der Waals surface area contributed by atoms with Gasteiger partial charge in [0.15, 0.2) is 0 Å². The van der Waals surface area contributed by atoms with E-state index < -0.39 is 0 Å². The first kappa shape index (κ1) is 11.6. The molecule has 3 rings (SSSR count). The SMILES string of the molecule is NNc1nc(NC2CCOCC2)c2ccsc2n1. The molecule has 4 N–H and O–H groups in total. The summed E-state index contributed by atoms with van der Waals surface area (Å²) < 4.78 is 5.35. The molecule has 0 atom stereocenters. The smallest absolute Gasteiger partial charge is 0.240 e. The van der Waals surface area contributed by atoms with E-state index in [1.165, 1.54) is 0 Å². The Morgan fingerprint density at radius 3 is 2.94 bits per heavy atom. The number of hydrogen-bond acceptors (Lipinski definition) is 7. The highest BCUT2D eigenvalue weighted by molar-refractivity contribution is 7.16. The third kappa shape index (κ3) is 2.24. The maximum Gasteiger partial charge on any atom is 0.240 e. The number of rotatable bonds is 3. The molecule has 96 valence electrons. The monoisotopic (exact) mass is 265 g/mol. The Morgan fingerprint density at radius 2 is 2.17 bits per heavy atom. The van der Waals surface area contributed by atoms with Crippen molar-refractivity contribution in [2.75, 3.05) is 24.0 Å². The molecule has 7 heteroatoms. The molecule has 0 unspecified atom stereocenters. The third-order valence-corrected chi connectivity index (χ3v) is 3.82. The first-order valence-electron chi connectivity index (χ1n) is 5.93. The van der Waals surface area contributed by atoms with Crippen LogP contribution in [0.1, 0.15) is 12.8 Å². The minimum absolute atomic E-state index is 0.405. The normalized spacial score (nSPS) is 16.9. The molecule has 3 heterocycles. The van der Waals surface area contributed by atoms with E-state index in [0.29, 0.717) is 12.0 Å². The van der Waals surface area contributed by atoms with Gasteiger partial charge in [-0.15, -0.1) is 11.3 Å². The summed E-state index contributed by atoms with van der Waals surface area (Å²) in [5.41, 5.74) is 2.51. The molecule has 1 aliphatic heterocycles. The fourth-order valence-corrected chi connectivity index (χ4v) is 2.83. The van der Waals surface area contributed by atoms with Crippen molar-refractivity contribution in [1.29, 1.82) is 0 Å². The molecule has 0 amide bonds. The second kappa shape index (κ2) is 5.05. The Morgan fingerprint density at radius 1 is 1.33 bits per heavy atom. The molecule has 0 radical (unpaired) electrons. The summed E-state index contributed by atoms with van der Waals surface area (Å²) in [6, 6.07) is 2.43. The summed E-state index contributed by atoms with van der Waals surface area (Å²) in [4.78, 5) is 9.64. The van der Waals surface area contributed by atoms with E-state index >= 15 is 0 Å². The summed E-state index contributed by atoms with van der Waals surface area (Å²) in [5, 5.41) is 6.52. The number of hydrogen-bond donors (Lipinski definition) is 3. The van der Waals surface area contributed by atoms with Gasteiger partial charge in [-0.1, -0.05) is 0 Å². The highest BCUT2D eigenvalue weighted by Crippen LogP contribution is 2.27. The lowest BCUT2D eigenvalue weighted by Gasteiger charge is -2.24. The highest BCUT2D eigenvalue weighted by atomic mass is 32.1. The number of anilines is 2. The van der Waals surface area contributed by atoms with Crippen LogP contribution < -0.4 is 16.6 Å². The zero-order chi connectivity index (χ0) is 12.4. The van der Waals surface area contributed by atoms with E-state index in [9.17, 15) is 0 Å². The fourth-order valence-electron chi connectivity index (χ4n) is 2.07. The topological polar surface area (TPSA) is 85.1 Å². The van der Waals surface area contributed by atoms with Crippen LogP contribution in [-0.2, 0) is 4.74 Å². The van der Waals surface area contributed by atoms with Gasteiger partial charge in [-0.25, -0.2) is 10.8 Å². The van der Waals surface area contributed by atoms with Crippen molar-refractivity contribution < 1.29 is 4.74 Å². The number of nitrogen functional groups attached to an aromatic ring is 1. The van der Waals surface area contributed by atoms with Gasteiger partial charge < -0.3 is 10.1 Å². The van der Waals surface area contributed by atoms with Gasteiger partial charge in [0.25, 0.3) is 0 Å². The van der Waals surface area contributed by atoms with Gasteiger partial charge in [0.2, 0.25) is 5.95 Å². The van der Waals surface area contributed by atoms with E-state index in [1.807, 2.05) is 11.4 Å². The number of fused-ring (bicyclic) bond motifs is 1. The van der Waals surface area contributed by atoms with Crippen molar-refractivity contribution in [2.24, 2.45) is 5.84 Å². The standard InChI is InChI=1S/C11H15N5OS/c12-16-11-14-9(8-3-6-18-10(8)15-11)13-7-1-4-17-5-2-7/h3,6-7H,1-2,4-5,12H2,(H2,13,14,15,16). The van der Waals surface area contributed by atoms with Crippen LogP contribution in [0.3, 0.4) is 0 Å². The number of hydrazine groups is 1. The number of nitrogens with zero attached hydrogens (tertiary/aromatic N) is 2. The maximum absolute atomic E-state index is 5.39. The molecular formula is C11H15N5OS. The first-order valence-corrected chi connectivity index (χ1v) is 6.81. The average Bonchev–Trinajstić information content (AvgIpc) is 2.88. The van der Waals surface area contributed by atoms with Gasteiger partial charge in [-0.3, -0.25) is 5.43 Å². The largest absolute Gasteiger partial charge is 0.381 e. The van der Waals surface area contributed by atoms with Crippen LogP contribution in [0, 0.1) is 0 Å². The van der Waals surface area contributed by atoms with Gasteiger partial charge >= 0.3 is 0 Å². The highest BCUT2D eigenvalue weighted by Gasteiger charge is 2.16. The molecule has 18 heavy (non-hydrogen) atoms. The molecule has 0 aliphatic carbocycles. The molecule has 6 nitrogen and oxygen atoms in total. The molecule has 0 saturated carbocycles. The van der Waals surface area contributed by atoms with Crippen molar-refractivity contribution in [3.05, 3.63) is 11.4 Å². The number of ether oxygens (including phenoxy) is 1. The second-order valence-corrected chi connectivity index (χ2v) is 5.11. The second-order valence-electron chi connectivity index (χ2n) is 4.21. The van der Waals surface area contributed by atoms with E-state index in [2.05, 4.69) is 20.7 Å². The summed E-state index contributed by atoms with van der Waals surface area (Å²) in [6.07, 6.45) is 2.00. The van der Waals surface area contributed by atoms with E-state index in [4.69, 9.17) is 10.6 Å². The van der Waals surface area contributed by atoms with Gasteiger partial charge in [0, 0.05) is 19.3 Å². The Balaban J connectivity index is 1.91. The lowest BCUT2D eigenvalue weighted by molar-refractivity contribution is 0.0904. The molecular weight excluding hydrogens is 250 g/mol. The van der Waals surface area contributed by atoms with Crippen LogP contribution in [0.15, 0.2) is 11.4 Å². The van der Waals surface area contributed by atoms with Crippen LogP contribution in [0.4, 0.5) is 11.8 Å². The molecule has 0 bridgehead atoms. The number of nitrogens with two attached hydrogens (primary N) is 1. The molecule has 0 aromatic carbocycles. The predicted octanol–water partition coefficient (Wildman–Crippen LogP) is 1.57. The maximum atomic E-state index is 5.39. The van der Waals surface area contributed by atoms with Gasteiger partial charge in [0.1, 0.15) is 10.6 Å². The number of aromatic nitrogens is 2. The van der Waals surface area contributed by atoms with Gasteiger partial charge in [-0.05, 0) is 24.3 Å². The van der Waals surface area contributed by atoms with Crippen molar-refractivity contribution in [2.45, 2.75) is 18.9 Å². The quantitative estimate of drug-likeness (QED) is 0.577. The van der Waals surface area contributed by atoms with Crippen molar-refractivity contribution in [1.82, 2.24) is 9.97 Å². The lowest BCUT2D eigenvalue weighted by atomic mass is 10.1. The number of thiophene rings is 1. The van der Waals surface area contributed by atoms with E-state index in [0.717, 1.165) is 42.1 Å². The molecule has 1 saturated heterocycles. The van der Waals surface area contributed by atoms with Crippen molar-refractivity contribution in [3.8, 4) is 0 Å². The molecule has 2 aromatic rings. The average molecular weight is 265 g/mol. The summed E-state index contributed by atoms with van der Waals surface area (Å²) in [5.74, 6) is 6.69. The zero-order valence-corrected chi connectivity index (χ0v) is 10.7. The van der Waals surface area contributed by atoms with Crippen molar-refractivity contribution >= 4 is 33.3 Å². The van der Waals surface area contributed by atoms with Gasteiger partial charge in [0.05, 0.1) is 5.39 Å². The Kier molecular flexibility index (Phi) is 3.26. The van der Waals surface area contributed by atoms with Crippen molar-refractivity contribution in [3.63, 3.8) is 0 Å². The van der Waals surface area contributed by atoms with E-state index in [-0.39, 0.29) is 0 Å². The van der Waals surface area contributed by atoms with Crippen LogP contribution in [-0.4, -0.2) is 29.2 Å². The summed E-state index contributed by atoms with van der Waals surface area (Å²) in [6.45, 7) is 1.61. The van der Waals surface area contributed by atoms with Crippen LogP contribution in [0.25, 0.3) is 10.2 Å². The Bertz CT molecular complexity index is 537. The molecule has 1 aliphatic rings. The van der Waals surface area contributed by atoms with E-state index in [1.54, 1.807) is 11.3 Å². The van der Waals surface area contributed by atoms with Gasteiger partial charge in [-0.2, -0.15) is 4.98 Å². The molecule has 1 fully saturated rings. The third-order valence-electron chi connectivity index (χ3n) is 3.02. The number of nitrogens with one attached hydrogen (secondary N) is 2. The minimum atomic E-state index is 0.405. The first-order chi connectivity index (χ1) is 8.86. The van der Waals surface area contributed by atoms with Crippen LogP contribution >= 0.6 is 11.3 Å². The minimum Gasteiger partial charge on any atom is -0.381 e. The predicted molar refractivity (Wildman–Crippen MR) is 72.7 cm³/mol. The van der Waals surface area contributed by atoms with Crippen LogP contribution in [0.5, 0.6) is 0 Å². The zero-order valence-electron chi connectivity index (χ0n) is 9.85. The summed E-state index contributed by atoms with van der Waals surface area (Å²) >= 11 is 1.58. The Hall–Kier alpha value is -1.44. The molecule has 2 aromatic heterocycles. The lowest BCUT2D eigenvalue weighted by Crippen LogP contribution is -2.28. The fraction of sp³-hybridized carbons (Fsp3) is 0.455. The van der Waals surface area contributed by atoms with Crippen LogP contribution in [0.2, 0.25) is 0 Å².